The third kappa shape index (κ3) is 6.28. The maximum absolute atomic E-state index is 11.9. The molecule has 2 heterocycles. The molecule has 1 aliphatic heterocycles. The van der Waals surface area contributed by atoms with Gasteiger partial charge in [0.15, 0.2) is 11.8 Å². The summed E-state index contributed by atoms with van der Waals surface area (Å²) in [6.07, 6.45) is 4.68. The summed E-state index contributed by atoms with van der Waals surface area (Å²) in [5.74, 6) is -0.705. The van der Waals surface area contributed by atoms with Gasteiger partial charge in [-0.2, -0.15) is 0 Å². The molecule has 25 heavy (non-hydrogen) atoms. The van der Waals surface area contributed by atoms with Gasteiger partial charge in [0, 0.05) is 31.0 Å². The zero-order valence-electron chi connectivity index (χ0n) is 15.0. The van der Waals surface area contributed by atoms with Crippen molar-refractivity contribution in [2.24, 2.45) is 0 Å². The van der Waals surface area contributed by atoms with Gasteiger partial charge in [0.2, 0.25) is 0 Å². The van der Waals surface area contributed by atoms with Crippen LogP contribution in [0.4, 0.5) is 0 Å². The van der Waals surface area contributed by atoms with E-state index in [4.69, 9.17) is 9.47 Å². The molecule has 0 spiro atoms. The predicted octanol–water partition coefficient (Wildman–Crippen LogP) is 1.59. The van der Waals surface area contributed by atoms with Gasteiger partial charge in [-0.1, -0.05) is 11.8 Å². The fourth-order valence-electron chi connectivity index (χ4n) is 2.69. The molecule has 7 nitrogen and oxygen atoms in total. The van der Waals surface area contributed by atoms with Gasteiger partial charge in [0.1, 0.15) is 0 Å². The summed E-state index contributed by atoms with van der Waals surface area (Å²) in [5.41, 5.74) is 2.70. The minimum atomic E-state index is -0.403. The zero-order valence-corrected chi connectivity index (χ0v) is 15.8. The second-order valence-corrected chi connectivity index (χ2v) is 6.73. The van der Waals surface area contributed by atoms with Gasteiger partial charge in [-0.25, -0.2) is 9.97 Å². The van der Waals surface area contributed by atoms with Crippen LogP contribution in [0.5, 0.6) is 0 Å². The number of amides is 1. The number of ether oxygens (including phenoxy) is 2. The summed E-state index contributed by atoms with van der Waals surface area (Å²) in [6.45, 7) is 4.77. The average molecular weight is 367 g/mol. The Morgan fingerprint density at radius 3 is 2.64 bits per heavy atom. The summed E-state index contributed by atoms with van der Waals surface area (Å²) >= 11 is 1.49. The molecular formula is C17H25N3O4S. The molecule has 1 amide bonds. The van der Waals surface area contributed by atoms with Crippen LogP contribution in [-0.2, 0) is 25.5 Å². The fraction of sp³-hybridized carbons (Fsp3) is 0.647. The second-order valence-electron chi connectivity index (χ2n) is 5.96. The van der Waals surface area contributed by atoms with E-state index in [0.717, 1.165) is 41.6 Å². The molecule has 0 radical (unpaired) electrons. The van der Waals surface area contributed by atoms with E-state index in [-0.39, 0.29) is 25.0 Å². The van der Waals surface area contributed by atoms with Crippen molar-refractivity contribution in [2.45, 2.75) is 50.8 Å². The van der Waals surface area contributed by atoms with Crippen LogP contribution in [0.15, 0.2) is 5.16 Å². The van der Waals surface area contributed by atoms with Crippen LogP contribution >= 0.6 is 11.8 Å². The Balaban J connectivity index is 1.70. The minimum absolute atomic E-state index is 0.0786. The largest absolute Gasteiger partial charge is 0.456 e. The van der Waals surface area contributed by atoms with E-state index in [9.17, 15) is 9.59 Å². The van der Waals surface area contributed by atoms with Crippen molar-refractivity contribution in [3.8, 4) is 0 Å². The molecule has 8 heteroatoms. The number of rotatable bonds is 8. The summed E-state index contributed by atoms with van der Waals surface area (Å²) in [6, 6.07) is 0. The number of carbonyl (C=O) groups excluding carboxylic acids is 2. The lowest BCUT2D eigenvalue weighted by atomic mass is 10.1. The number of thioether (sulfide) groups is 1. The molecule has 0 aliphatic carbocycles. The minimum Gasteiger partial charge on any atom is -0.456 e. The Morgan fingerprint density at radius 2 is 2.04 bits per heavy atom. The van der Waals surface area contributed by atoms with Crippen LogP contribution in [0.3, 0.4) is 0 Å². The Bertz CT molecular complexity index is 595. The first-order valence-corrected chi connectivity index (χ1v) is 9.64. The molecule has 1 aliphatic rings. The summed E-state index contributed by atoms with van der Waals surface area (Å²) in [5, 5.41) is 3.45. The quantitative estimate of drug-likeness (QED) is 0.424. The van der Waals surface area contributed by atoms with Crippen molar-refractivity contribution in [3.63, 3.8) is 0 Å². The highest BCUT2D eigenvalue weighted by Crippen LogP contribution is 2.17. The average Bonchev–Trinajstić information content (AvgIpc) is 3.10. The molecule has 2 rings (SSSR count). The van der Waals surface area contributed by atoms with E-state index in [2.05, 4.69) is 15.3 Å². The zero-order chi connectivity index (χ0) is 18.2. The highest BCUT2D eigenvalue weighted by atomic mass is 32.2. The van der Waals surface area contributed by atoms with E-state index in [1.165, 1.54) is 11.8 Å². The lowest BCUT2D eigenvalue weighted by molar-refractivity contribution is -0.148. The lowest BCUT2D eigenvalue weighted by Crippen LogP contribution is -2.34. The first-order valence-electron chi connectivity index (χ1n) is 8.41. The number of esters is 1. The monoisotopic (exact) mass is 367 g/mol. The number of aromatic nitrogens is 2. The normalized spacial score (nSPS) is 16.7. The second kappa shape index (κ2) is 9.72. The number of hydrogen-bond donors (Lipinski definition) is 1. The Hall–Kier alpha value is -1.67. The maximum atomic E-state index is 11.9. The fourth-order valence-corrected chi connectivity index (χ4v) is 3.15. The molecule has 1 fully saturated rings. The molecule has 1 atom stereocenters. The number of hydrogen-bond acceptors (Lipinski definition) is 7. The SMILES string of the molecule is CSc1nc(C)c(CCC(=O)OCC(=O)NC[C@H]2CCCO2)c(C)n1. The number of aryl methyl sites for hydroxylation is 2. The van der Waals surface area contributed by atoms with Crippen LogP contribution in [0.1, 0.15) is 36.2 Å². The first kappa shape index (κ1) is 19.7. The number of nitrogens with zero attached hydrogens (tertiary/aromatic N) is 2. The van der Waals surface area contributed by atoms with Crippen molar-refractivity contribution in [1.82, 2.24) is 15.3 Å². The first-order chi connectivity index (χ1) is 12.0. The molecule has 1 aromatic rings. The highest BCUT2D eigenvalue weighted by Gasteiger charge is 2.17. The van der Waals surface area contributed by atoms with Gasteiger partial charge < -0.3 is 14.8 Å². The van der Waals surface area contributed by atoms with Crippen LogP contribution < -0.4 is 5.32 Å². The topological polar surface area (TPSA) is 90.4 Å². The third-order valence-corrected chi connectivity index (χ3v) is 4.62. The molecule has 0 unspecified atom stereocenters. The molecule has 1 saturated heterocycles. The van der Waals surface area contributed by atoms with Crippen LogP contribution in [0, 0.1) is 13.8 Å². The Labute approximate surface area is 152 Å². The van der Waals surface area contributed by atoms with Crippen molar-refractivity contribution in [2.75, 3.05) is 26.0 Å². The Kier molecular flexibility index (Phi) is 7.64. The molecule has 0 aromatic carbocycles. The van der Waals surface area contributed by atoms with Gasteiger partial charge in [0.05, 0.1) is 6.10 Å². The van der Waals surface area contributed by atoms with Crippen molar-refractivity contribution in [1.29, 1.82) is 0 Å². The standard InChI is InChI=1S/C17H25N3O4S/c1-11-14(12(2)20-17(19-11)25-3)6-7-16(22)24-10-15(21)18-9-13-5-4-8-23-13/h13H,4-10H2,1-3H3,(H,18,21)/t13-/m1/s1. The number of carbonyl (C=O) groups is 2. The van der Waals surface area contributed by atoms with Crippen LogP contribution in [-0.4, -0.2) is 54.0 Å². The van der Waals surface area contributed by atoms with Crippen molar-refractivity contribution < 1.29 is 19.1 Å². The third-order valence-electron chi connectivity index (χ3n) is 4.08. The number of nitrogens with one attached hydrogen (secondary N) is 1. The van der Waals surface area contributed by atoms with Gasteiger partial charge in [-0.05, 0) is 44.9 Å². The molecule has 0 bridgehead atoms. The van der Waals surface area contributed by atoms with E-state index < -0.39 is 5.97 Å². The van der Waals surface area contributed by atoms with E-state index >= 15 is 0 Å². The maximum Gasteiger partial charge on any atom is 0.306 e. The molecule has 0 saturated carbocycles. The van der Waals surface area contributed by atoms with E-state index in [1.54, 1.807) is 0 Å². The Morgan fingerprint density at radius 1 is 1.32 bits per heavy atom. The molecule has 138 valence electrons. The van der Waals surface area contributed by atoms with Gasteiger partial charge in [-0.15, -0.1) is 0 Å². The van der Waals surface area contributed by atoms with Crippen molar-refractivity contribution in [3.05, 3.63) is 17.0 Å². The lowest BCUT2D eigenvalue weighted by Gasteiger charge is -2.11. The van der Waals surface area contributed by atoms with E-state index in [0.29, 0.717) is 13.0 Å². The predicted molar refractivity (Wildman–Crippen MR) is 94.6 cm³/mol. The molecular weight excluding hydrogens is 342 g/mol. The molecule has 1 N–H and O–H groups in total. The van der Waals surface area contributed by atoms with E-state index in [1.807, 2.05) is 20.1 Å². The molecule has 1 aromatic heterocycles. The van der Waals surface area contributed by atoms with Crippen LogP contribution in [0.2, 0.25) is 0 Å². The van der Waals surface area contributed by atoms with Crippen molar-refractivity contribution >= 4 is 23.6 Å². The summed E-state index contributed by atoms with van der Waals surface area (Å²) in [4.78, 5) is 32.3. The summed E-state index contributed by atoms with van der Waals surface area (Å²) < 4.78 is 10.4. The van der Waals surface area contributed by atoms with Gasteiger partial charge >= 0.3 is 5.97 Å². The van der Waals surface area contributed by atoms with Crippen LogP contribution in [0.25, 0.3) is 0 Å². The smallest absolute Gasteiger partial charge is 0.306 e. The van der Waals surface area contributed by atoms with Gasteiger partial charge in [0.25, 0.3) is 5.91 Å². The van der Waals surface area contributed by atoms with Gasteiger partial charge in [-0.3, -0.25) is 9.59 Å². The summed E-state index contributed by atoms with van der Waals surface area (Å²) in [7, 11) is 0. The highest BCUT2D eigenvalue weighted by molar-refractivity contribution is 7.98.